The van der Waals surface area contributed by atoms with Gasteiger partial charge in [-0.1, -0.05) is 37.3 Å². The first-order valence-electron chi connectivity index (χ1n) is 7.15. The smallest absolute Gasteiger partial charge is 0.224 e. The minimum Gasteiger partial charge on any atom is -0.224 e. The molecule has 0 bridgehead atoms. The predicted molar refractivity (Wildman–Crippen MR) is 90.5 cm³/mol. The molecule has 0 radical (unpaired) electrons. The Morgan fingerprint density at radius 3 is 2.09 bits per heavy atom. The van der Waals surface area contributed by atoms with Crippen LogP contribution >= 0.6 is 0 Å². The molecule has 0 aromatic heterocycles. The molecule has 0 aliphatic heterocycles. The molecule has 0 aliphatic rings. The Hall–Kier alpha value is -1.70. The first-order valence-corrected chi connectivity index (χ1v) is 10.5. The van der Waals surface area contributed by atoms with E-state index in [0.717, 1.165) is 6.26 Å². The van der Waals surface area contributed by atoms with Gasteiger partial charge in [0.1, 0.15) is 0 Å². The molecule has 0 fully saturated rings. The van der Waals surface area contributed by atoms with Crippen molar-refractivity contribution >= 4 is 19.9 Å². The van der Waals surface area contributed by atoms with Gasteiger partial charge in [-0.3, -0.25) is 0 Å². The molecule has 2 rings (SSSR count). The number of hydrogen-bond acceptors (Lipinski definition) is 4. The highest BCUT2D eigenvalue weighted by Gasteiger charge is 2.18. The summed E-state index contributed by atoms with van der Waals surface area (Å²) in [5.41, 5.74) is 1.19. The van der Waals surface area contributed by atoms with Crippen molar-refractivity contribution in [1.29, 1.82) is 0 Å². The highest BCUT2D eigenvalue weighted by molar-refractivity contribution is 7.90. The van der Waals surface area contributed by atoms with Gasteiger partial charge in [-0.15, -0.1) is 0 Å². The number of rotatable bonds is 6. The fourth-order valence-corrected chi connectivity index (χ4v) is 4.13. The summed E-state index contributed by atoms with van der Waals surface area (Å²) in [5.74, 6) is 0. The number of sulfone groups is 1. The molecule has 0 amide bonds. The Labute approximate surface area is 137 Å². The van der Waals surface area contributed by atoms with E-state index in [1.807, 2.05) is 6.92 Å². The summed E-state index contributed by atoms with van der Waals surface area (Å²) in [6, 6.07) is 12.8. The van der Waals surface area contributed by atoms with Crippen LogP contribution in [0.4, 0.5) is 0 Å². The number of sulfonamides is 1. The van der Waals surface area contributed by atoms with Gasteiger partial charge in [0.15, 0.2) is 9.84 Å². The van der Waals surface area contributed by atoms with Gasteiger partial charge in [0, 0.05) is 18.4 Å². The first kappa shape index (κ1) is 17.7. The van der Waals surface area contributed by atoms with Crippen LogP contribution in [0.5, 0.6) is 0 Å². The van der Waals surface area contributed by atoms with Crippen LogP contribution in [0.15, 0.2) is 58.3 Å². The molecule has 5 nitrogen and oxygen atoms in total. The quantitative estimate of drug-likeness (QED) is 0.865. The second-order valence-corrected chi connectivity index (χ2v) is 8.94. The van der Waals surface area contributed by atoms with E-state index < -0.39 is 19.9 Å². The molecule has 0 spiro atoms. The third-order valence-electron chi connectivity index (χ3n) is 3.31. The molecule has 1 N–H and O–H groups in total. The highest BCUT2D eigenvalue weighted by atomic mass is 32.2. The molecular formula is C16H19NO4S2. The molecule has 0 heterocycles. The Balaban J connectivity index is 2.49. The van der Waals surface area contributed by atoms with Crippen LogP contribution in [0.1, 0.15) is 13.3 Å². The van der Waals surface area contributed by atoms with Crippen LogP contribution in [0.2, 0.25) is 0 Å². The standard InChI is InChI=1S/C16H19NO4S2/c1-3-12-17-23(20,21)16-7-5-4-6-15(16)13-8-10-14(11-9-13)22(2,18)19/h4-11,17H,3,12H2,1-2H3. The average Bonchev–Trinajstić information content (AvgIpc) is 2.52. The lowest BCUT2D eigenvalue weighted by molar-refractivity contribution is 0.581. The summed E-state index contributed by atoms with van der Waals surface area (Å²) in [4.78, 5) is 0.381. The van der Waals surface area contributed by atoms with Crippen molar-refractivity contribution in [2.75, 3.05) is 12.8 Å². The Morgan fingerprint density at radius 1 is 0.913 bits per heavy atom. The first-order chi connectivity index (χ1) is 10.8. The molecule has 0 aliphatic carbocycles. The zero-order valence-electron chi connectivity index (χ0n) is 13.0. The molecule has 124 valence electrons. The Kier molecular flexibility index (Phi) is 5.23. The number of benzene rings is 2. The number of hydrogen-bond donors (Lipinski definition) is 1. The lowest BCUT2D eigenvalue weighted by Gasteiger charge is -2.11. The maximum atomic E-state index is 12.4. The Morgan fingerprint density at radius 2 is 1.52 bits per heavy atom. The van der Waals surface area contributed by atoms with Gasteiger partial charge < -0.3 is 0 Å². The van der Waals surface area contributed by atoms with E-state index >= 15 is 0 Å². The minimum absolute atomic E-state index is 0.181. The van der Waals surface area contributed by atoms with Crippen LogP contribution < -0.4 is 4.72 Å². The molecule has 0 atom stereocenters. The molecule has 7 heteroatoms. The van der Waals surface area contributed by atoms with Crippen molar-refractivity contribution in [3.05, 3.63) is 48.5 Å². The van der Waals surface area contributed by atoms with Crippen LogP contribution in [0.25, 0.3) is 11.1 Å². The third-order valence-corrected chi connectivity index (χ3v) is 5.96. The maximum absolute atomic E-state index is 12.4. The van der Waals surface area contributed by atoms with E-state index in [4.69, 9.17) is 0 Å². The van der Waals surface area contributed by atoms with Crippen molar-refractivity contribution in [1.82, 2.24) is 4.72 Å². The van der Waals surface area contributed by atoms with E-state index in [9.17, 15) is 16.8 Å². The summed E-state index contributed by atoms with van der Waals surface area (Å²) in [7, 11) is -6.89. The van der Waals surface area contributed by atoms with Gasteiger partial charge in [-0.05, 0) is 30.2 Å². The van der Waals surface area contributed by atoms with Crippen molar-refractivity contribution in [2.24, 2.45) is 0 Å². The fourth-order valence-electron chi connectivity index (χ4n) is 2.14. The van der Waals surface area contributed by atoms with E-state index in [1.165, 1.54) is 18.2 Å². The summed E-state index contributed by atoms with van der Waals surface area (Å²) >= 11 is 0. The summed E-state index contributed by atoms with van der Waals surface area (Å²) < 4.78 is 50.4. The SMILES string of the molecule is CCCNS(=O)(=O)c1ccccc1-c1ccc(S(C)(=O)=O)cc1. The van der Waals surface area contributed by atoms with Crippen LogP contribution in [-0.4, -0.2) is 29.6 Å². The van der Waals surface area contributed by atoms with Crippen molar-refractivity contribution in [2.45, 2.75) is 23.1 Å². The van der Waals surface area contributed by atoms with Gasteiger partial charge in [-0.25, -0.2) is 21.6 Å². The van der Waals surface area contributed by atoms with E-state index in [-0.39, 0.29) is 9.79 Å². The summed E-state index contributed by atoms with van der Waals surface area (Å²) in [5, 5.41) is 0. The third kappa shape index (κ3) is 4.19. The Bertz CT molecular complexity index is 886. The van der Waals surface area contributed by atoms with E-state index in [0.29, 0.717) is 24.1 Å². The van der Waals surface area contributed by atoms with Crippen LogP contribution in [0, 0.1) is 0 Å². The van der Waals surface area contributed by atoms with Gasteiger partial charge in [-0.2, -0.15) is 0 Å². The monoisotopic (exact) mass is 353 g/mol. The second-order valence-electron chi connectivity index (χ2n) is 5.19. The zero-order valence-corrected chi connectivity index (χ0v) is 14.6. The summed E-state index contributed by atoms with van der Waals surface area (Å²) in [6.45, 7) is 2.25. The van der Waals surface area contributed by atoms with Gasteiger partial charge in [0.25, 0.3) is 0 Å². The number of nitrogens with one attached hydrogen (secondary N) is 1. The summed E-state index contributed by atoms with van der Waals surface area (Å²) in [6.07, 6.45) is 1.83. The normalized spacial score (nSPS) is 12.3. The van der Waals surface area contributed by atoms with Crippen molar-refractivity contribution in [3.8, 4) is 11.1 Å². The van der Waals surface area contributed by atoms with Crippen LogP contribution in [-0.2, 0) is 19.9 Å². The zero-order chi connectivity index (χ0) is 17.1. The fraction of sp³-hybridized carbons (Fsp3) is 0.250. The molecular weight excluding hydrogens is 334 g/mol. The lowest BCUT2D eigenvalue weighted by Crippen LogP contribution is -2.24. The molecule has 0 unspecified atom stereocenters. The van der Waals surface area contributed by atoms with Crippen molar-refractivity contribution < 1.29 is 16.8 Å². The molecule has 2 aromatic rings. The molecule has 2 aromatic carbocycles. The molecule has 0 saturated carbocycles. The average molecular weight is 353 g/mol. The minimum atomic E-state index is -3.61. The highest BCUT2D eigenvalue weighted by Crippen LogP contribution is 2.28. The molecule has 23 heavy (non-hydrogen) atoms. The maximum Gasteiger partial charge on any atom is 0.241 e. The lowest BCUT2D eigenvalue weighted by atomic mass is 10.1. The topological polar surface area (TPSA) is 80.3 Å². The van der Waals surface area contributed by atoms with E-state index in [1.54, 1.807) is 30.3 Å². The van der Waals surface area contributed by atoms with Crippen LogP contribution in [0.3, 0.4) is 0 Å². The van der Waals surface area contributed by atoms with Gasteiger partial charge in [0.05, 0.1) is 9.79 Å². The van der Waals surface area contributed by atoms with Gasteiger partial charge >= 0.3 is 0 Å². The van der Waals surface area contributed by atoms with Crippen molar-refractivity contribution in [3.63, 3.8) is 0 Å². The largest absolute Gasteiger partial charge is 0.241 e. The van der Waals surface area contributed by atoms with Gasteiger partial charge in [0.2, 0.25) is 10.0 Å². The molecule has 0 saturated heterocycles. The van der Waals surface area contributed by atoms with E-state index in [2.05, 4.69) is 4.72 Å². The second kappa shape index (κ2) is 6.82. The predicted octanol–water partition coefficient (Wildman–Crippen LogP) is 2.45.